The van der Waals surface area contributed by atoms with E-state index in [-0.39, 0.29) is 0 Å². The van der Waals surface area contributed by atoms with E-state index in [9.17, 15) is 4.79 Å². The Bertz CT molecular complexity index is 211. The topological polar surface area (TPSA) is 37.3 Å². The van der Waals surface area contributed by atoms with Gasteiger partial charge in [0.2, 0.25) is 0 Å². The summed E-state index contributed by atoms with van der Waals surface area (Å²) >= 11 is 0. The Kier molecular flexibility index (Phi) is 11.0. The molecule has 0 amide bonds. The summed E-state index contributed by atoms with van der Waals surface area (Å²) in [6, 6.07) is 0. The minimum Gasteiger partial charge on any atom is -0.481 e. The molecule has 0 bridgehead atoms. The van der Waals surface area contributed by atoms with Crippen LogP contribution in [0.25, 0.3) is 0 Å². The number of hydrogen-bond acceptors (Lipinski definition) is 1. The van der Waals surface area contributed by atoms with E-state index < -0.39 is 5.97 Å². The van der Waals surface area contributed by atoms with Crippen molar-refractivity contribution in [3.05, 3.63) is 0 Å². The molecule has 0 aromatic heterocycles. The van der Waals surface area contributed by atoms with Crippen LogP contribution in [0.5, 0.6) is 0 Å². The van der Waals surface area contributed by atoms with Gasteiger partial charge in [-0.2, -0.15) is 0 Å². The van der Waals surface area contributed by atoms with Gasteiger partial charge in [0, 0.05) is 6.42 Å². The molecule has 19 heavy (non-hydrogen) atoms. The van der Waals surface area contributed by atoms with Gasteiger partial charge >= 0.3 is 5.97 Å². The third kappa shape index (κ3) is 9.07. The highest BCUT2D eigenvalue weighted by molar-refractivity contribution is 5.66. The number of unbranched alkanes of at least 4 members (excludes halogenated alkanes) is 6. The lowest BCUT2D eigenvalue weighted by Gasteiger charge is -2.30. The summed E-state index contributed by atoms with van der Waals surface area (Å²) in [6.07, 6.45) is 14.1. The minimum absolute atomic E-state index is 0.339. The van der Waals surface area contributed by atoms with Crippen molar-refractivity contribution in [2.24, 2.45) is 5.41 Å². The molecular weight excluding hydrogens is 236 g/mol. The van der Waals surface area contributed by atoms with Crippen LogP contribution in [0.2, 0.25) is 0 Å². The van der Waals surface area contributed by atoms with Crippen LogP contribution in [-0.2, 0) is 4.79 Å². The van der Waals surface area contributed by atoms with Crippen molar-refractivity contribution in [1.82, 2.24) is 0 Å². The first-order valence-electron chi connectivity index (χ1n) is 8.32. The molecule has 0 aliphatic heterocycles. The van der Waals surface area contributed by atoms with Crippen LogP contribution >= 0.6 is 0 Å². The van der Waals surface area contributed by atoms with Crippen LogP contribution < -0.4 is 0 Å². The highest BCUT2D eigenvalue weighted by Crippen LogP contribution is 2.36. The maximum Gasteiger partial charge on any atom is 0.303 e. The first-order chi connectivity index (χ1) is 9.10. The molecule has 0 aromatic rings. The second-order valence-electron chi connectivity index (χ2n) is 5.93. The van der Waals surface area contributed by atoms with E-state index in [4.69, 9.17) is 5.11 Å². The van der Waals surface area contributed by atoms with Crippen LogP contribution in [0.1, 0.15) is 97.8 Å². The molecule has 114 valence electrons. The number of hydrogen-bond donors (Lipinski definition) is 1. The Balaban J connectivity index is 3.42. The minimum atomic E-state index is -0.657. The molecule has 2 nitrogen and oxygen atoms in total. The van der Waals surface area contributed by atoms with Crippen LogP contribution in [0.15, 0.2) is 0 Å². The average Bonchev–Trinajstić information content (AvgIpc) is 2.41. The zero-order valence-electron chi connectivity index (χ0n) is 13.3. The molecule has 2 heteroatoms. The van der Waals surface area contributed by atoms with E-state index in [1.807, 2.05) is 0 Å². The third-order valence-corrected chi connectivity index (χ3v) is 4.85. The van der Waals surface area contributed by atoms with Crippen molar-refractivity contribution >= 4 is 5.97 Å². The summed E-state index contributed by atoms with van der Waals surface area (Å²) in [7, 11) is 0. The van der Waals surface area contributed by atoms with E-state index in [2.05, 4.69) is 20.8 Å². The van der Waals surface area contributed by atoms with E-state index in [0.29, 0.717) is 11.8 Å². The predicted molar refractivity (Wildman–Crippen MR) is 82.5 cm³/mol. The first kappa shape index (κ1) is 18.5. The van der Waals surface area contributed by atoms with Crippen molar-refractivity contribution in [2.45, 2.75) is 97.8 Å². The van der Waals surface area contributed by atoms with Gasteiger partial charge in [-0.15, -0.1) is 0 Å². The number of aliphatic carboxylic acids is 1. The standard InChI is InChI=1S/C17H34O2/c1-4-17(5-2,6-3)15-13-11-9-7-8-10-12-14-16(18)19/h4-15H2,1-3H3,(H,18,19). The van der Waals surface area contributed by atoms with Gasteiger partial charge in [-0.25, -0.2) is 0 Å². The lowest BCUT2D eigenvalue weighted by molar-refractivity contribution is -0.137. The van der Waals surface area contributed by atoms with Gasteiger partial charge in [0.05, 0.1) is 0 Å². The average molecular weight is 270 g/mol. The SMILES string of the molecule is CCC(CC)(CC)CCCCCCCCCC(=O)O. The Morgan fingerprint density at radius 2 is 1.21 bits per heavy atom. The van der Waals surface area contributed by atoms with Crippen molar-refractivity contribution in [3.8, 4) is 0 Å². The molecule has 0 heterocycles. The number of carboxylic acid groups (broad SMARTS) is 1. The summed E-state index contributed by atoms with van der Waals surface area (Å²) in [5.74, 6) is -0.657. The molecule has 0 aromatic carbocycles. The molecule has 0 rings (SSSR count). The number of rotatable bonds is 13. The monoisotopic (exact) mass is 270 g/mol. The molecule has 0 saturated carbocycles. The van der Waals surface area contributed by atoms with E-state index in [1.165, 1.54) is 57.8 Å². The molecule has 0 atom stereocenters. The van der Waals surface area contributed by atoms with Crippen LogP contribution in [0.3, 0.4) is 0 Å². The van der Waals surface area contributed by atoms with Crippen molar-refractivity contribution in [2.75, 3.05) is 0 Å². The molecule has 0 aliphatic rings. The lowest BCUT2D eigenvalue weighted by Crippen LogP contribution is -2.17. The third-order valence-electron chi connectivity index (χ3n) is 4.85. The molecule has 1 N–H and O–H groups in total. The van der Waals surface area contributed by atoms with Gasteiger partial charge in [-0.05, 0) is 18.3 Å². The lowest BCUT2D eigenvalue weighted by atomic mass is 9.75. The van der Waals surface area contributed by atoms with Gasteiger partial charge in [0.1, 0.15) is 0 Å². The number of carbonyl (C=O) groups is 1. The fourth-order valence-corrected chi connectivity index (χ4v) is 2.94. The summed E-state index contributed by atoms with van der Waals surface area (Å²) in [5.41, 5.74) is 0.599. The van der Waals surface area contributed by atoms with Gasteiger partial charge < -0.3 is 5.11 Å². The Morgan fingerprint density at radius 3 is 1.63 bits per heavy atom. The summed E-state index contributed by atoms with van der Waals surface area (Å²) < 4.78 is 0. The Morgan fingerprint density at radius 1 is 0.789 bits per heavy atom. The van der Waals surface area contributed by atoms with Crippen LogP contribution in [-0.4, -0.2) is 11.1 Å². The van der Waals surface area contributed by atoms with E-state index in [1.54, 1.807) is 0 Å². The quantitative estimate of drug-likeness (QED) is 0.429. The molecule has 0 unspecified atom stereocenters. The maximum atomic E-state index is 10.4. The van der Waals surface area contributed by atoms with Crippen LogP contribution in [0.4, 0.5) is 0 Å². The van der Waals surface area contributed by atoms with E-state index in [0.717, 1.165) is 12.8 Å². The van der Waals surface area contributed by atoms with Gasteiger partial charge in [-0.1, -0.05) is 78.6 Å². The smallest absolute Gasteiger partial charge is 0.303 e. The predicted octanol–water partition coefficient (Wildman–Crippen LogP) is 5.80. The van der Waals surface area contributed by atoms with Crippen molar-refractivity contribution in [3.63, 3.8) is 0 Å². The van der Waals surface area contributed by atoms with Crippen LogP contribution in [0, 0.1) is 5.41 Å². The Hall–Kier alpha value is -0.530. The van der Waals surface area contributed by atoms with Gasteiger partial charge in [0.15, 0.2) is 0 Å². The fraction of sp³-hybridized carbons (Fsp3) is 0.941. The molecule has 0 aliphatic carbocycles. The molecule has 0 spiro atoms. The summed E-state index contributed by atoms with van der Waals surface area (Å²) in [4.78, 5) is 10.4. The van der Waals surface area contributed by atoms with Gasteiger partial charge in [-0.3, -0.25) is 4.79 Å². The Labute approximate surface area is 120 Å². The molecular formula is C17H34O2. The summed E-state index contributed by atoms with van der Waals surface area (Å²) in [5, 5.41) is 8.53. The van der Waals surface area contributed by atoms with Gasteiger partial charge in [0.25, 0.3) is 0 Å². The zero-order chi connectivity index (χ0) is 14.6. The largest absolute Gasteiger partial charge is 0.481 e. The second-order valence-corrected chi connectivity index (χ2v) is 5.93. The fourth-order valence-electron chi connectivity index (χ4n) is 2.94. The second kappa shape index (κ2) is 11.3. The molecule has 0 radical (unpaired) electrons. The van der Waals surface area contributed by atoms with Crippen molar-refractivity contribution < 1.29 is 9.90 Å². The first-order valence-corrected chi connectivity index (χ1v) is 8.32. The zero-order valence-corrected chi connectivity index (χ0v) is 13.3. The normalized spacial score (nSPS) is 11.7. The molecule has 0 saturated heterocycles. The van der Waals surface area contributed by atoms with E-state index >= 15 is 0 Å². The highest BCUT2D eigenvalue weighted by Gasteiger charge is 2.22. The highest BCUT2D eigenvalue weighted by atomic mass is 16.4. The summed E-state index contributed by atoms with van der Waals surface area (Å²) in [6.45, 7) is 6.99. The maximum absolute atomic E-state index is 10.4. The number of carboxylic acids is 1. The van der Waals surface area contributed by atoms with Crippen molar-refractivity contribution in [1.29, 1.82) is 0 Å². The molecule has 0 fully saturated rings.